The van der Waals surface area contributed by atoms with Crippen molar-refractivity contribution in [1.29, 1.82) is 0 Å². The molecule has 112 valence electrons. The van der Waals surface area contributed by atoms with Crippen LogP contribution >= 0.6 is 0 Å². The molecule has 1 aromatic carbocycles. The molecule has 0 amide bonds. The summed E-state index contributed by atoms with van der Waals surface area (Å²) in [5.41, 5.74) is 0.358. The van der Waals surface area contributed by atoms with Gasteiger partial charge in [-0.2, -0.15) is 0 Å². The predicted molar refractivity (Wildman–Crippen MR) is 79.1 cm³/mol. The van der Waals surface area contributed by atoms with Gasteiger partial charge in [-0.05, 0) is 30.5 Å². The fourth-order valence-corrected chi connectivity index (χ4v) is 1.25. The Hall–Kier alpha value is -1.84. The minimum atomic E-state index is -1.05. The van der Waals surface area contributed by atoms with Crippen molar-refractivity contribution in [2.75, 3.05) is 6.61 Å². The van der Waals surface area contributed by atoms with Crippen LogP contribution in [0.15, 0.2) is 24.3 Å². The van der Waals surface area contributed by atoms with Gasteiger partial charge in [-0.1, -0.05) is 40.2 Å². The van der Waals surface area contributed by atoms with Crippen molar-refractivity contribution in [2.45, 2.75) is 40.5 Å². The number of esters is 1. The zero-order chi connectivity index (χ0) is 15.5. The number of aromatic carboxylic acids is 1. The second-order valence-electron chi connectivity index (χ2n) is 4.91. The summed E-state index contributed by atoms with van der Waals surface area (Å²) in [5.74, 6) is -1.07. The molecule has 1 rings (SSSR count). The molecule has 0 saturated carbocycles. The second-order valence-corrected chi connectivity index (χ2v) is 4.91. The van der Waals surface area contributed by atoms with E-state index < -0.39 is 11.9 Å². The molecule has 0 radical (unpaired) electrons. The van der Waals surface area contributed by atoms with Gasteiger partial charge in [-0.15, -0.1) is 0 Å². The van der Waals surface area contributed by atoms with Crippen molar-refractivity contribution in [1.82, 2.24) is 0 Å². The van der Waals surface area contributed by atoms with E-state index in [4.69, 9.17) is 9.84 Å². The number of hydrogen-bond donors (Lipinski definition) is 1. The molecule has 1 N–H and O–H groups in total. The van der Waals surface area contributed by atoms with Crippen molar-refractivity contribution in [2.24, 2.45) is 5.92 Å². The molecule has 0 bridgehead atoms. The number of carboxylic acid groups (broad SMARTS) is 1. The second kappa shape index (κ2) is 10.0. The van der Waals surface area contributed by atoms with Gasteiger partial charge in [0.25, 0.3) is 0 Å². The molecule has 0 aliphatic heterocycles. The van der Waals surface area contributed by atoms with Gasteiger partial charge >= 0.3 is 11.9 Å². The van der Waals surface area contributed by atoms with Gasteiger partial charge in [0.05, 0.1) is 17.7 Å². The third-order valence-corrected chi connectivity index (χ3v) is 2.27. The number of ether oxygens (including phenoxy) is 1. The lowest BCUT2D eigenvalue weighted by atomic mass is 10.1. The molecular weight excluding hydrogens is 256 g/mol. The Morgan fingerprint density at radius 3 is 2.25 bits per heavy atom. The Morgan fingerprint density at radius 2 is 1.75 bits per heavy atom. The van der Waals surface area contributed by atoms with Crippen LogP contribution in [-0.2, 0) is 4.74 Å². The highest BCUT2D eigenvalue weighted by Gasteiger charge is 2.10. The average molecular weight is 280 g/mol. The molecule has 0 atom stereocenters. The van der Waals surface area contributed by atoms with Crippen molar-refractivity contribution in [3.05, 3.63) is 35.4 Å². The van der Waals surface area contributed by atoms with Gasteiger partial charge in [-0.3, -0.25) is 0 Å². The van der Waals surface area contributed by atoms with Crippen LogP contribution in [0.25, 0.3) is 0 Å². The molecule has 0 fully saturated rings. The van der Waals surface area contributed by atoms with E-state index in [1.54, 1.807) is 6.07 Å². The summed E-state index contributed by atoms with van der Waals surface area (Å²) in [6, 6.07) is 5.83. The van der Waals surface area contributed by atoms with Crippen molar-refractivity contribution in [3.63, 3.8) is 0 Å². The molecule has 0 aliphatic rings. The van der Waals surface area contributed by atoms with E-state index in [0.29, 0.717) is 12.5 Å². The van der Waals surface area contributed by atoms with Gasteiger partial charge < -0.3 is 9.84 Å². The van der Waals surface area contributed by atoms with Crippen LogP contribution in [0.5, 0.6) is 0 Å². The number of rotatable bonds is 5. The number of carboxylic acids is 1. The minimum Gasteiger partial charge on any atom is -0.478 e. The maximum Gasteiger partial charge on any atom is 0.338 e. The molecule has 20 heavy (non-hydrogen) atoms. The number of carbonyl (C=O) groups excluding carboxylic acids is 1. The topological polar surface area (TPSA) is 63.6 Å². The van der Waals surface area contributed by atoms with Crippen molar-refractivity contribution >= 4 is 11.9 Å². The summed E-state index contributed by atoms with van der Waals surface area (Å²) in [6.07, 6.45) is 2.05. The molecule has 4 heteroatoms. The quantitative estimate of drug-likeness (QED) is 0.828. The number of benzene rings is 1. The van der Waals surface area contributed by atoms with Crippen molar-refractivity contribution in [3.8, 4) is 0 Å². The molecule has 4 nitrogen and oxygen atoms in total. The zero-order valence-corrected chi connectivity index (χ0v) is 12.7. The lowest BCUT2D eigenvalue weighted by molar-refractivity contribution is 0.0488. The van der Waals surface area contributed by atoms with Gasteiger partial charge in [-0.25, -0.2) is 9.59 Å². The third kappa shape index (κ3) is 7.56. The lowest BCUT2D eigenvalue weighted by Gasteiger charge is -2.07. The first-order chi connectivity index (χ1) is 9.42. The van der Waals surface area contributed by atoms with Crippen LogP contribution in [-0.4, -0.2) is 23.7 Å². The predicted octanol–water partition coefficient (Wildman–Crippen LogP) is 4.00. The lowest BCUT2D eigenvalue weighted by Crippen LogP contribution is -2.09. The summed E-state index contributed by atoms with van der Waals surface area (Å²) >= 11 is 0. The fourth-order valence-electron chi connectivity index (χ4n) is 1.25. The highest BCUT2D eigenvalue weighted by Crippen LogP contribution is 2.08. The minimum absolute atomic E-state index is 0.0864. The first-order valence-corrected chi connectivity index (χ1v) is 6.92. The van der Waals surface area contributed by atoms with Gasteiger partial charge in [0, 0.05) is 0 Å². The molecule has 0 heterocycles. The van der Waals surface area contributed by atoms with Crippen LogP contribution in [0.1, 0.15) is 61.3 Å². The molecular formula is C16H24O4. The standard InChI is InChI=1S/C13H16O4.C3H8/c1-9(2)6-7-17-13(16)11-5-3-4-10(8-11)12(14)15;1-3-2/h3-5,8-9H,6-7H2,1-2H3,(H,14,15);3H2,1-2H3. The SMILES string of the molecule is CC(C)CCOC(=O)c1cccc(C(=O)O)c1.CCC. The summed E-state index contributed by atoms with van der Waals surface area (Å²) in [7, 11) is 0. The van der Waals surface area contributed by atoms with E-state index in [2.05, 4.69) is 13.8 Å². The monoisotopic (exact) mass is 280 g/mol. The van der Waals surface area contributed by atoms with E-state index in [-0.39, 0.29) is 11.1 Å². The summed E-state index contributed by atoms with van der Waals surface area (Å²) in [4.78, 5) is 22.3. The third-order valence-electron chi connectivity index (χ3n) is 2.27. The summed E-state index contributed by atoms with van der Waals surface area (Å²) < 4.78 is 5.04. The maximum absolute atomic E-state index is 11.6. The molecule has 0 aliphatic carbocycles. The van der Waals surface area contributed by atoms with E-state index in [0.717, 1.165) is 6.42 Å². The number of hydrogen-bond acceptors (Lipinski definition) is 3. The summed E-state index contributed by atoms with van der Waals surface area (Å²) in [6.45, 7) is 8.69. The first-order valence-electron chi connectivity index (χ1n) is 6.92. The smallest absolute Gasteiger partial charge is 0.338 e. The van der Waals surface area contributed by atoms with E-state index in [1.807, 2.05) is 13.8 Å². The fraction of sp³-hybridized carbons (Fsp3) is 0.500. The van der Waals surface area contributed by atoms with Gasteiger partial charge in [0.15, 0.2) is 0 Å². The zero-order valence-electron chi connectivity index (χ0n) is 12.7. The highest BCUT2D eigenvalue weighted by molar-refractivity contribution is 5.94. The Bertz CT molecular complexity index is 424. The largest absolute Gasteiger partial charge is 0.478 e. The van der Waals surface area contributed by atoms with Crippen LogP contribution in [0.4, 0.5) is 0 Å². The molecule has 0 unspecified atom stereocenters. The van der Waals surface area contributed by atoms with Crippen molar-refractivity contribution < 1.29 is 19.4 Å². The molecule has 1 aromatic rings. The molecule has 0 saturated heterocycles. The van der Waals surface area contributed by atoms with Crippen LogP contribution in [0.2, 0.25) is 0 Å². The van der Waals surface area contributed by atoms with Gasteiger partial charge in [0.2, 0.25) is 0 Å². The van der Waals surface area contributed by atoms with E-state index >= 15 is 0 Å². The molecule has 0 spiro atoms. The Labute approximate surface area is 120 Å². The number of carbonyl (C=O) groups is 2. The normalized spacial score (nSPS) is 9.65. The first kappa shape index (κ1) is 18.2. The van der Waals surface area contributed by atoms with Crippen LogP contribution in [0.3, 0.4) is 0 Å². The van der Waals surface area contributed by atoms with Crippen LogP contribution < -0.4 is 0 Å². The Balaban J connectivity index is 0.00000110. The summed E-state index contributed by atoms with van der Waals surface area (Å²) in [5, 5.41) is 8.79. The maximum atomic E-state index is 11.6. The van der Waals surface area contributed by atoms with E-state index in [1.165, 1.54) is 24.6 Å². The van der Waals surface area contributed by atoms with E-state index in [9.17, 15) is 9.59 Å². The van der Waals surface area contributed by atoms with Crippen LogP contribution in [0, 0.1) is 5.92 Å². The average Bonchev–Trinajstić information content (AvgIpc) is 2.39. The van der Waals surface area contributed by atoms with Gasteiger partial charge in [0.1, 0.15) is 0 Å². The highest BCUT2D eigenvalue weighted by atomic mass is 16.5. The molecule has 0 aromatic heterocycles. The Kier molecular flexibility index (Phi) is 9.09. The Morgan fingerprint density at radius 1 is 1.20 bits per heavy atom.